The molecule has 0 aliphatic heterocycles. The van der Waals surface area contributed by atoms with Gasteiger partial charge in [0.15, 0.2) is 11.2 Å². The summed E-state index contributed by atoms with van der Waals surface area (Å²) in [6, 6.07) is 16.6. The van der Waals surface area contributed by atoms with Crippen molar-refractivity contribution in [2.45, 2.75) is 6.54 Å². The molecule has 0 saturated carbocycles. The van der Waals surface area contributed by atoms with E-state index in [-0.39, 0.29) is 12.2 Å². The van der Waals surface area contributed by atoms with Crippen LogP contribution in [0.3, 0.4) is 0 Å². The van der Waals surface area contributed by atoms with E-state index in [2.05, 4.69) is 15.5 Å². The summed E-state index contributed by atoms with van der Waals surface area (Å²) in [6.45, 7) is 0.181. The number of imidazole rings is 1. The number of aryl methyl sites for hydroxylation is 2. The molecule has 0 saturated heterocycles. The van der Waals surface area contributed by atoms with Crippen molar-refractivity contribution in [3.8, 4) is 0 Å². The molecule has 4 aromatic rings. The molecule has 2 heterocycles. The zero-order valence-electron chi connectivity index (χ0n) is 16.4. The van der Waals surface area contributed by atoms with E-state index in [4.69, 9.17) is 11.6 Å². The molecule has 0 bridgehead atoms. The molecule has 0 amide bonds. The number of hydrogen-bond donors (Lipinski definition) is 1. The highest BCUT2D eigenvalue weighted by molar-refractivity contribution is 6.33. The van der Waals surface area contributed by atoms with Crippen LogP contribution < -0.4 is 16.7 Å². The second-order valence-corrected chi connectivity index (χ2v) is 7.18. The first-order chi connectivity index (χ1) is 14.5. The minimum Gasteiger partial charge on any atom is -0.306 e. The summed E-state index contributed by atoms with van der Waals surface area (Å²) in [5.41, 5.74) is 4.18. The van der Waals surface area contributed by atoms with Gasteiger partial charge in [-0.3, -0.25) is 13.9 Å². The SMILES string of the molecule is Cn1c(N/N=C\c2ccccc2Cl)nc2c1c(=O)n(Cc1ccccc1)c(=O)n2C. The number of rotatable bonds is 5. The van der Waals surface area contributed by atoms with Crippen molar-refractivity contribution in [1.29, 1.82) is 0 Å². The fraction of sp³-hybridized carbons (Fsp3) is 0.143. The summed E-state index contributed by atoms with van der Waals surface area (Å²) in [4.78, 5) is 30.3. The summed E-state index contributed by atoms with van der Waals surface area (Å²) < 4.78 is 4.15. The van der Waals surface area contributed by atoms with Crippen LogP contribution in [0.25, 0.3) is 11.2 Å². The Morgan fingerprint density at radius 3 is 2.47 bits per heavy atom. The molecule has 30 heavy (non-hydrogen) atoms. The second kappa shape index (κ2) is 8.00. The molecule has 0 fully saturated rings. The molecule has 2 aromatic heterocycles. The van der Waals surface area contributed by atoms with Crippen molar-refractivity contribution in [1.82, 2.24) is 18.7 Å². The fourth-order valence-electron chi connectivity index (χ4n) is 3.19. The molecule has 0 atom stereocenters. The van der Waals surface area contributed by atoms with Gasteiger partial charge in [-0.2, -0.15) is 10.1 Å². The minimum absolute atomic E-state index is 0.181. The molecule has 1 N–H and O–H groups in total. The van der Waals surface area contributed by atoms with Crippen LogP contribution in [-0.2, 0) is 20.6 Å². The van der Waals surface area contributed by atoms with Crippen molar-refractivity contribution in [2.75, 3.05) is 5.43 Å². The highest BCUT2D eigenvalue weighted by Gasteiger charge is 2.18. The van der Waals surface area contributed by atoms with E-state index >= 15 is 0 Å². The topological polar surface area (TPSA) is 86.2 Å². The van der Waals surface area contributed by atoms with Crippen LogP contribution >= 0.6 is 11.6 Å². The number of anilines is 1. The van der Waals surface area contributed by atoms with E-state index in [1.54, 1.807) is 30.9 Å². The van der Waals surface area contributed by atoms with Gasteiger partial charge in [0.2, 0.25) is 5.95 Å². The predicted molar refractivity (Wildman–Crippen MR) is 118 cm³/mol. The molecule has 0 aliphatic carbocycles. The van der Waals surface area contributed by atoms with Crippen molar-refractivity contribution < 1.29 is 0 Å². The maximum Gasteiger partial charge on any atom is 0.332 e. The number of halogens is 1. The van der Waals surface area contributed by atoms with Crippen LogP contribution in [0.4, 0.5) is 5.95 Å². The lowest BCUT2D eigenvalue weighted by Gasteiger charge is -2.08. The van der Waals surface area contributed by atoms with Crippen LogP contribution in [0.1, 0.15) is 11.1 Å². The Morgan fingerprint density at radius 1 is 1.03 bits per heavy atom. The van der Waals surface area contributed by atoms with Crippen LogP contribution in [0, 0.1) is 0 Å². The van der Waals surface area contributed by atoms with Gasteiger partial charge in [-0.25, -0.2) is 10.2 Å². The largest absolute Gasteiger partial charge is 0.332 e. The van der Waals surface area contributed by atoms with E-state index in [1.807, 2.05) is 48.5 Å². The zero-order chi connectivity index (χ0) is 21.3. The highest BCUT2D eigenvalue weighted by Crippen LogP contribution is 2.15. The van der Waals surface area contributed by atoms with Crippen molar-refractivity contribution in [2.24, 2.45) is 19.2 Å². The number of hydrazone groups is 1. The maximum atomic E-state index is 13.1. The predicted octanol–water partition coefficient (Wildman–Crippen LogP) is 2.58. The Kier molecular flexibility index (Phi) is 5.24. The quantitative estimate of drug-likeness (QED) is 0.395. The molecular weight excluding hydrogens is 404 g/mol. The van der Waals surface area contributed by atoms with E-state index in [0.717, 1.165) is 11.1 Å². The van der Waals surface area contributed by atoms with E-state index in [9.17, 15) is 9.59 Å². The Hall–Kier alpha value is -3.65. The first kappa shape index (κ1) is 19.7. The van der Waals surface area contributed by atoms with E-state index in [0.29, 0.717) is 16.5 Å². The van der Waals surface area contributed by atoms with E-state index in [1.165, 1.54) is 9.13 Å². The van der Waals surface area contributed by atoms with Gasteiger partial charge in [0, 0.05) is 24.7 Å². The number of nitrogens with zero attached hydrogens (tertiary/aromatic N) is 5. The smallest absolute Gasteiger partial charge is 0.306 e. The normalized spacial score (nSPS) is 11.4. The average molecular weight is 423 g/mol. The van der Waals surface area contributed by atoms with Crippen LogP contribution in [-0.4, -0.2) is 24.9 Å². The number of nitrogens with one attached hydrogen (secondary N) is 1. The first-order valence-corrected chi connectivity index (χ1v) is 9.59. The van der Waals surface area contributed by atoms with Gasteiger partial charge in [-0.15, -0.1) is 0 Å². The molecular formula is C21H19ClN6O2. The molecule has 0 spiro atoms. The lowest BCUT2D eigenvalue weighted by Crippen LogP contribution is -2.39. The molecule has 152 valence electrons. The number of aromatic nitrogens is 4. The molecule has 4 rings (SSSR count). The van der Waals surface area contributed by atoms with Gasteiger partial charge >= 0.3 is 5.69 Å². The highest BCUT2D eigenvalue weighted by atomic mass is 35.5. The van der Waals surface area contributed by atoms with Crippen molar-refractivity contribution >= 4 is 34.9 Å². The summed E-state index contributed by atoms with van der Waals surface area (Å²) in [5.74, 6) is 0.331. The van der Waals surface area contributed by atoms with E-state index < -0.39 is 11.2 Å². The van der Waals surface area contributed by atoms with Gasteiger partial charge in [0.05, 0.1) is 12.8 Å². The second-order valence-electron chi connectivity index (χ2n) is 6.78. The third kappa shape index (κ3) is 3.53. The van der Waals surface area contributed by atoms with Crippen LogP contribution in [0.5, 0.6) is 0 Å². The summed E-state index contributed by atoms with van der Waals surface area (Å²) in [6.07, 6.45) is 1.56. The van der Waals surface area contributed by atoms with Crippen molar-refractivity contribution in [3.63, 3.8) is 0 Å². The number of hydrogen-bond acceptors (Lipinski definition) is 5. The molecule has 9 heteroatoms. The van der Waals surface area contributed by atoms with Crippen LogP contribution in [0.2, 0.25) is 5.02 Å². The third-order valence-electron chi connectivity index (χ3n) is 4.82. The number of benzene rings is 2. The molecule has 0 unspecified atom stereocenters. The molecule has 0 radical (unpaired) electrons. The minimum atomic E-state index is -0.430. The maximum absolute atomic E-state index is 13.1. The molecule has 0 aliphatic rings. The lowest BCUT2D eigenvalue weighted by atomic mass is 10.2. The Morgan fingerprint density at radius 2 is 1.73 bits per heavy atom. The Bertz CT molecular complexity index is 1370. The lowest BCUT2D eigenvalue weighted by molar-refractivity contribution is 0.655. The standard InChI is InChI=1S/C21H19ClN6O2/c1-26-17-18(24-20(26)25-23-12-15-10-6-7-11-16(15)22)27(2)21(30)28(19(17)29)13-14-8-4-3-5-9-14/h3-12H,13H2,1-2H3,(H,24,25)/b23-12-. The number of fused-ring (bicyclic) bond motifs is 1. The first-order valence-electron chi connectivity index (χ1n) is 9.21. The van der Waals surface area contributed by atoms with Gasteiger partial charge in [0.25, 0.3) is 5.56 Å². The summed E-state index contributed by atoms with van der Waals surface area (Å²) in [7, 11) is 3.29. The zero-order valence-corrected chi connectivity index (χ0v) is 17.2. The van der Waals surface area contributed by atoms with Gasteiger partial charge in [0.1, 0.15) is 0 Å². The van der Waals surface area contributed by atoms with Crippen molar-refractivity contribution in [3.05, 3.63) is 91.6 Å². The van der Waals surface area contributed by atoms with Gasteiger partial charge < -0.3 is 4.57 Å². The average Bonchev–Trinajstić information content (AvgIpc) is 3.08. The van der Waals surface area contributed by atoms with Gasteiger partial charge in [-0.05, 0) is 11.6 Å². The monoisotopic (exact) mass is 422 g/mol. The Balaban J connectivity index is 1.74. The Labute approximate surface area is 176 Å². The third-order valence-corrected chi connectivity index (χ3v) is 5.16. The fourth-order valence-corrected chi connectivity index (χ4v) is 3.37. The van der Waals surface area contributed by atoms with Crippen LogP contribution in [0.15, 0.2) is 69.3 Å². The summed E-state index contributed by atoms with van der Waals surface area (Å²) >= 11 is 6.12. The van der Waals surface area contributed by atoms with Gasteiger partial charge in [-0.1, -0.05) is 60.1 Å². The molecule has 2 aromatic carbocycles. The molecule has 8 nitrogen and oxygen atoms in total. The summed E-state index contributed by atoms with van der Waals surface area (Å²) in [5, 5.41) is 4.73.